The van der Waals surface area contributed by atoms with Crippen LogP contribution < -0.4 is 22.2 Å². The van der Waals surface area contributed by atoms with Crippen LogP contribution in [0.15, 0.2) is 18.2 Å². The van der Waals surface area contributed by atoms with Crippen LogP contribution in [0.4, 0.5) is 5.69 Å². The molecule has 4 bridgehead atoms. The smallest absolute Gasteiger partial charge is 0.233 e. The quantitative estimate of drug-likeness (QED) is 0.701. The van der Waals surface area contributed by atoms with E-state index in [2.05, 4.69) is 37.1 Å². The van der Waals surface area contributed by atoms with Gasteiger partial charge in [-0.2, -0.15) is 0 Å². The highest BCUT2D eigenvalue weighted by molar-refractivity contribution is 6.01. The zero-order chi connectivity index (χ0) is 18.3. The van der Waals surface area contributed by atoms with Crippen LogP contribution in [0.1, 0.15) is 62.0 Å². The Morgan fingerprint density at radius 3 is 2.39 bits per heavy atom. The summed E-state index contributed by atoms with van der Waals surface area (Å²) in [7, 11) is 2.31. The number of nitrogens with zero attached hydrogens (tertiary/aromatic N) is 1. The molecule has 2 heterocycles. The molecular weight excluding hydrogens is 368 g/mol. The monoisotopic (exact) mass is 400 g/mol. The lowest BCUT2D eigenvalue weighted by atomic mass is 9.49. The predicted molar refractivity (Wildman–Crippen MR) is 107 cm³/mol. The number of rotatable bonds is 1. The molecule has 1 aromatic rings. The molecule has 4 heteroatoms. The second kappa shape index (κ2) is 6.47. The molecule has 1 aromatic carbocycles. The van der Waals surface area contributed by atoms with Crippen LogP contribution in [0.3, 0.4) is 0 Å². The van der Waals surface area contributed by atoms with Crippen molar-refractivity contribution >= 4 is 11.6 Å². The molecule has 0 aromatic heterocycles. The van der Waals surface area contributed by atoms with Crippen molar-refractivity contribution < 1.29 is 22.1 Å². The number of fused-ring (bicyclic) bond motifs is 3. The molecule has 1 amide bonds. The molecule has 0 radical (unpaired) electrons. The van der Waals surface area contributed by atoms with Crippen molar-refractivity contribution in [2.75, 3.05) is 25.0 Å². The van der Waals surface area contributed by atoms with Crippen molar-refractivity contribution in [3.63, 3.8) is 0 Å². The topological polar surface area (TPSA) is 24.8 Å². The van der Waals surface area contributed by atoms with Gasteiger partial charge < -0.3 is 22.2 Å². The van der Waals surface area contributed by atoms with Crippen LogP contribution in [0.25, 0.3) is 0 Å². The second-order valence-electron chi connectivity index (χ2n) is 10.8. The van der Waals surface area contributed by atoms with E-state index < -0.39 is 0 Å². The summed E-state index contributed by atoms with van der Waals surface area (Å²) in [5.74, 6) is 3.54. The Hall–Kier alpha value is -1.06. The number of hydrogen-bond acceptors (Lipinski definition) is 1. The van der Waals surface area contributed by atoms with Gasteiger partial charge in [-0.3, -0.25) is 4.79 Å². The maximum absolute atomic E-state index is 14.2. The molecule has 7 rings (SSSR count). The Bertz CT molecular complexity index is 771. The number of halogens is 1. The molecule has 2 aliphatic heterocycles. The van der Waals surface area contributed by atoms with Gasteiger partial charge in [-0.05, 0) is 74.8 Å². The predicted octanol–water partition coefficient (Wildman–Crippen LogP) is -0.0674. The maximum atomic E-state index is 14.2. The van der Waals surface area contributed by atoms with Crippen molar-refractivity contribution in [1.82, 2.24) is 0 Å². The summed E-state index contributed by atoms with van der Waals surface area (Å²) in [5, 5.41) is 0. The fourth-order valence-electron chi connectivity index (χ4n) is 8.09. The zero-order valence-corrected chi connectivity index (χ0v) is 18.0. The van der Waals surface area contributed by atoms with Crippen LogP contribution in [0.2, 0.25) is 0 Å². The number of likely N-dealkylation sites (tertiary alicyclic amines) is 1. The lowest BCUT2D eigenvalue weighted by molar-refractivity contribution is -0.886. The van der Waals surface area contributed by atoms with Crippen LogP contribution in [0, 0.1) is 30.1 Å². The van der Waals surface area contributed by atoms with Gasteiger partial charge in [0.05, 0.1) is 37.5 Å². The Morgan fingerprint density at radius 1 is 1.11 bits per heavy atom. The Morgan fingerprint density at radius 2 is 1.75 bits per heavy atom. The average Bonchev–Trinajstić information content (AvgIpc) is 2.93. The van der Waals surface area contributed by atoms with Crippen LogP contribution in [0.5, 0.6) is 0 Å². The number of nitrogens with one attached hydrogen (secondary N) is 1. The summed E-state index contributed by atoms with van der Waals surface area (Å²) >= 11 is 0. The Kier molecular flexibility index (Phi) is 4.38. The van der Waals surface area contributed by atoms with Gasteiger partial charge in [-0.1, -0.05) is 17.7 Å². The van der Waals surface area contributed by atoms with Gasteiger partial charge in [0.1, 0.15) is 0 Å². The minimum Gasteiger partial charge on any atom is -1.00 e. The SMILES string of the molecule is Cc1ccc2c(c1)[C@@H]1C[NH+](C)CC[C@H]1N2C(=O)C12CC3CC(CC(C3)C1)C2.[Cl-]. The number of hydrogen-bond donors (Lipinski definition) is 1. The van der Waals surface area contributed by atoms with Crippen molar-refractivity contribution in [2.24, 2.45) is 23.2 Å². The van der Waals surface area contributed by atoms with Crippen LogP contribution in [-0.4, -0.2) is 32.1 Å². The summed E-state index contributed by atoms with van der Waals surface area (Å²) in [4.78, 5) is 18.2. The fraction of sp³-hybridized carbons (Fsp3) is 0.708. The van der Waals surface area contributed by atoms with E-state index in [0.29, 0.717) is 17.9 Å². The number of benzene rings is 1. The average molecular weight is 401 g/mol. The lowest BCUT2D eigenvalue weighted by Crippen LogP contribution is -3.11. The number of piperidine rings is 1. The maximum Gasteiger partial charge on any atom is 0.233 e. The third-order valence-corrected chi connectivity index (χ3v) is 8.78. The molecule has 0 spiro atoms. The van der Waals surface area contributed by atoms with E-state index in [9.17, 15) is 4.79 Å². The zero-order valence-electron chi connectivity index (χ0n) is 17.2. The van der Waals surface area contributed by atoms with E-state index >= 15 is 0 Å². The first kappa shape index (κ1) is 18.9. The summed E-state index contributed by atoms with van der Waals surface area (Å²) in [6.07, 6.45) is 8.91. The fourth-order valence-corrected chi connectivity index (χ4v) is 8.09. The minimum absolute atomic E-state index is 0. The van der Waals surface area contributed by atoms with E-state index in [1.54, 1.807) is 4.90 Å². The first-order chi connectivity index (χ1) is 13.0. The number of likely N-dealkylation sites (N-methyl/N-ethyl adjacent to an activating group) is 1. The Balaban J connectivity index is 0.00000171. The van der Waals surface area contributed by atoms with E-state index in [1.165, 1.54) is 68.4 Å². The van der Waals surface area contributed by atoms with Crippen molar-refractivity contribution in [3.8, 4) is 0 Å². The molecule has 152 valence electrons. The van der Waals surface area contributed by atoms with Crippen molar-refractivity contribution in [1.29, 1.82) is 0 Å². The molecule has 28 heavy (non-hydrogen) atoms. The highest BCUT2D eigenvalue weighted by Gasteiger charge is 2.58. The summed E-state index contributed by atoms with van der Waals surface area (Å²) in [5.41, 5.74) is 4.02. The van der Waals surface area contributed by atoms with Gasteiger partial charge in [0.25, 0.3) is 0 Å². The van der Waals surface area contributed by atoms with Crippen molar-refractivity contribution in [3.05, 3.63) is 29.3 Å². The first-order valence-corrected chi connectivity index (χ1v) is 11.3. The number of aryl methyl sites for hydroxylation is 1. The number of carbonyl (C=O) groups excluding carboxylic acids is 1. The van der Waals surface area contributed by atoms with Crippen LogP contribution in [-0.2, 0) is 4.79 Å². The number of quaternary nitrogens is 1. The molecule has 4 aliphatic carbocycles. The molecule has 1 N–H and O–H groups in total. The summed E-state index contributed by atoms with van der Waals surface area (Å²) in [6.45, 7) is 4.56. The van der Waals surface area contributed by atoms with E-state index in [0.717, 1.165) is 24.2 Å². The van der Waals surface area contributed by atoms with Gasteiger partial charge >= 0.3 is 0 Å². The minimum atomic E-state index is -0.0258. The molecule has 3 nitrogen and oxygen atoms in total. The van der Waals surface area contributed by atoms with Gasteiger partial charge in [-0.15, -0.1) is 0 Å². The van der Waals surface area contributed by atoms with Crippen molar-refractivity contribution in [2.45, 2.75) is 63.8 Å². The summed E-state index contributed by atoms with van der Waals surface area (Å²) in [6, 6.07) is 7.26. The highest BCUT2D eigenvalue weighted by atomic mass is 35.5. The molecule has 5 fully saturated rings. The second-order valence-corrected chi connectivity index (χ2v) is 10.8. The van der Waals surface area contributed by atoms with Gasteiger partial charge in [0.15, 0.2) is 0 Å². The normalized spacial score (nSPS) is 42.7. The molecule has 4 saturated carbocycles. The number of amides is 1. The largest absolute Gasteiger partial charge is 1.00 e. The van der Waals surface area contributed by atoms with E-state index in [1.807, 2.05) is 0 Å². The summed E-state index contributed by atoms with van der Waals surface area (Å²) < 4.78 is 0. The molecule has 1 saturated heterocycles. The van der Waals surface area contributed by atoms with Gasteiger partial charge in [-0.25, -0.2) is 0 Å². The molecule has 6 aliphatic rings. The molecular formula is C24H33ClN2O. The lowest BCUT2D eigenvalue weighted by Gasteiger charge is -2.57. The van der Waals surface area contributed by atoms with E-state index in [4.69, 9.17) is 0 Å². The number of carbonyl (C=O) groups is 1. The van der Waals surface area contributed by atoms with E-state index in [-0.39, 0.29) is 17.8 Å². The van der Waals surface area contributed by atoms with Gasteiger partial charge in [0.2, 0.25) is 5.91 Å². The third-order valence-electron chi connectivity index (χ3n) is 8.78. The Labute approximate surface area is 175 Å². The third kappa shape index (κ3) is 2.61. The number of anilines is 1. The standard InChI is InChI=1S/C24H32N2O.ClH/c1-15-3-4-21-19(7-15)20-14-25(2)6-5-22(20)26(21)23(27)24-11-16-8-17(12-24)10-18(9-16)13-24;/h3-4,7,16-18,20,22H,5-6,8-14H2,1-2H3;1H/t16?,17?,18?,20-,22+,24?;/m0./s1. The highest BCUT2D eigenvalue weighted by Crippen LogP contribution is 2.61. The molecule has 3 atom stereocenters. The first-order valence-electron chi connectivity index (χ1n) is 11.3. The van der Waals surface area contributed by atoms with Gasteiger partial charge in [0, 0.05) is 12.1 Å². The van der Waals surface area contributed by atoms with Crippen LogP contribution >= 0.6 is 0 Å². The molecule has 1 unspecified atom stereocenters.